The number of rotatable bonds is 3. The fourth-order valence-electron chi connectivity index (χ4n) is 3.00. The van der Waals surface area contributed by atoms with Gasteiger partial charge in [0.15, 0.2) is 11.6 Å². The number of hydrogen-bond acceptors (Lipinski definition) is 1. The molecule has 0 aliphatic heterocycles. The fourth-order valence-corrected chi connectivity index (χ4v) is 3.00. The van der Waals surface area contributed by atoms with Gasteiger partial charge in [-0.15, -0.1) is 0 Å². The van der Waals surface area contributed by atoms with Crippen LogP contribution in [0.2, 0.25) is 0 Å². The molecule has 3 heteroatoms. The molecule has 0 radical (unpaired) electrons. The van der Waals surface area contributed by atoms with Crippen molar-refractivity contribution in [1.82, 2.24) is 5.32 Å². The standard InChI is InChI=1S/C16H23F2N/c1-10-7-8-13(9-11(10)2)19-12(3)14-5-4-6-15(17)16(14)18/h4-6,10-13,19H,7-9H2,1-3H3. The van der Waals surface area contributed by atoms with Crippen LogP contribution in [0.15, 0.2) is 18.2 Å². The molecule has 1 nitrogen and oxygen atoms in total. The summed E-state index contributed by atoms with van der Waals surface area (Å²) in [5.74, 6) is -0.0356. The Bertz CT molecular complexity index is 433. The molecule has 106 valence electrons. The van der Waals surface area contributed by atoms with E-state index < -0.39 is 11.6 Å². The Hall–Kier alpha value is -0.960. The topological polar surface area (TPSA) is 12.0 Å². The molecule has 1 fully saturated rings. The molecule has 4 atom stereocenters. The summed E-state index contributed by atoms with van der Waals surface area (Å²) in [4.78, 5) is 0. The second kappa shape index (κ2) is 6.00. The van der Waals surface area contributed by atoms with Crippen molar-refractivity contribution in [3.05, 3.63) is 35.4 Å². The molecule has 1 saturated carbocycles. The molecule has 19 heavy (non-hydrogen) atoms. The first-order valence-electron chi connectivity index (χ1n) is 7.19. The van der Waals surface area contributed by atoms with Gasteiger partial charge in [-0.1, -0.05) is 26.0 Å². The first kappa shape index (κ1) is 14.4. The van der Waals surface area contributed by atoms with Gasteiger partial charge < -0.3 is 5.32 Å². The van der Waals surface area contributed by atoms with E-state index in [1.165, 1.54) is 6.42 Å². The SMILES string of the molecule is CC(NC1CCC(C)C(C)C1)c1cccc(F)c1F. The van der Waals surface area contributed by atoms with Gasteiger partial charge in [-0.05, 0) is 44.1 Å². The zero-order valence-electron chi connectivity index (χ0n) is 11.9. The molecule has 1 aromatic rings. The maximum atomic E-state index is 13.7. The lowest BCUT2D eigenvalue weighted by Gasteiger charge is -2.34. The van der Waals surface area contributed by atoms with Crippen LogP contribution in [0.4, 0.5) is 8.78 Å². The van der Waals surface area contributed by atoms with Crippen molar-refractivity contribution >= 4 is 0 Å². The zero-order valence-corrected chi connectivity index (χ0v) is 11.9. The minimum absolute atomic E-state index is 0.152. The van der Waals surface area contributed by atoms with Crippen LogP contribution in [0.5, 0.6) is 0 Å². The summed E-state index contributed by atoms with van der Waals surface area (Å²) in [5.41, 5.74) is 0.422. The zero-order chi connectivity index (χ0) is 14.0. The molecule has 0 bridgehead atoms. The lowest BCUT2D eigenvalue weighted by Crippen LogP contribution is -2.37. The minimum Gasteiger partial charge on any atom is -0.307 e. The van der Waals surface area contributed by atoms with Gasteiger partial charge >= 0.3 is 0 Å². The van der Waals surface area contributed by atoms with Crippen molar-refractivity contribution in [2.24, 2.45) is 11.8 Å². The lowest BCUT2D eigenvalue weighted by molar-refractivity contribution is 0.216. The van der Waals surface area contributed by atoms with Gasteiger partial charge in [0.2, 0.25) is 0 Å². The van der Waals surface area contributed by atoms with Gasteiger partial charge in [-0.2, -0.15) is 0 Å². The highest BCUT2D eigenvalue weighted by molar-refractivity contribution is 5.22. The third kappa shape index (κ3) is 3.33. The van der Waals surface area contributed by atoms with Crippen LogP contribution in [0.3, 0.4) is 0 Å². The van der Waals surface area contributed by atoms with Crippen molar-refractivity contribution in [2.45, 2.75) is 52.1 Å². The van der Waals surface area contributed by atoms with E-state index in [4.69, 9.17) is 0 Å². The highest BCUT2D eigenvalue weighted by Crippen LogP contribution is 2.31. The van der Waals surface area contributed by atoms with E-state index in [0.29, 0.717) is 17.5 Å². The Kier molecular flexibility index (Phi) is 4.56. The van der Waals surface area contributed by atoms with Crippen molar-refractivity contribution in [3.63, 3.8) is 0 Å². The molecule has 2 rings (SSSR count). The number of halogens is 2. The smallest absolute Gasteiger partial charge is 0.163 e. The van der Waals surface area contributed by atoms with Crippen LogP contribution in [-0.2, 0) is 0 Å². The molecular weight excluding hydrogens is 244 g/mol. The molecule has 0 aromatic heterocycles. The summed E-state index contributed by atoms with van der Waals surface area (Å²) < 4.78 is 27.0. The average Bonchev–Trinajstić information content (AvgIpc) is 2.37. The fraction of sp³-hybridized carbons (Fsp3) is 0.625. The van der Waals surface area contributed by atoms with E-state index in [1.54, 1.807) is 12.1 Å². The van der Waals surface area contributed by atoms with Crippen LogP contribution in [0, 0.1) is 23.5 Å². The van der Waals surface area contributed by atoms with Crippen molar-refractivity contribution in [1.29, 1.82) is 0 Å². The molecule has 0 heterocycles. The van der Waals surface area contributed by atoms with Gasteiger partial charge in [0, 0.05) is 17.6 Å². The first-order valence-corrected chi connectivity index (χ1v) is 7.19. The van der Waals surface area contributed by atoms with Gasteiger partial charge in [-0.25, -0.2) is 8.78 Å². The predicted molar refractivity (Wildman–Crippen MR) is 73.9 cm³/mol. The van der Waals surface area contributed by atoms with E-state index in [0.717, 1.165) is 24.8 Å². The Labute approximate surface area is 114 Å². The molecule has 1 N–H and O–H groups in total. The number of hydrogen-bond donors (Lipinski definition) is 1. The van der Waals surface area contributed by atoms with Crippen LogP contribution in [0.25, 0.3) is 0 Å². The second-order valence-electron chi connectivity index (χ2n) is 6.00. The highest BCUT2D eigenvalue weighted by atomic mass is 19.2. The van der Waals surface area contributed by atoms with Crippen LogP contribution in [0.1, 0.15) is 51.6 Å². The Morgan fingerprint density at radius 2 is 1.89 bits per heavy atom. The van der Waals surface area contributed by atoms with Crippen molar-refractivity contribution < 1.29 is 8.78 Å². The van der Waals surface area contributed by atoms with Gasteiger partial charge in [0.1, 0.15) is 0 Å². The van der Waals surface area contributed by atoms with E-state index >= 15 is 0 Å². The summed E-state index contributed by atoms with van der Waals surface area (Å²) in [6.45, 7) is 6.46. The lowest BCUT2D eigenvalue weighted by atomic mass is 9.79. The molecule has 4 unspecified atom stereocenters. The van der Waals surface area contributed by atoms with Gasteiger partial charge in [0.05, 0.1) is 0 Å². The van der Waals surface area contributed by atoms with Crippen molar-refractivity contribution in [2.75, 3.05) is 0 Å². The summed E-state index contributed by atoms with van der Waals surface area (Å²) in [6.07, 6.45) is 3.44. The third-order valence-electron chi connectivity index (χ3n) is 4.53. The second-order valence-corrected chi connectivity index (χ2v) is 6.00. The molecule has 0 saturated heterocycles. The summed E-state index contributed by atoms with van der Waals surface area (Å²) in [7, 11) is 0. The normalized spacial score (nSPS) is 29.2. The number of benzene rings is 1. The van der Waals surface area contributed by atoms with Crippen molar-refractivity contribution in [3.8, 4) is 0 Å². The Balaban J connectivity index is 2.01. The predicted octanol–water partition coefficient (Wildman–Crippen LogP) is 4.44. The van der Waals surface area contributed by atoms with Crippen LogP contribution >= 0.6 is 0 Å². The third-order valence-corrected chi connectivity index (χ3v) is 4.53. The molecule has 1 aliphatic carbocycles. The summed E-state index contributed by atoms with van der Waals surface area (Å²) in [6, 6.07) is 4.64. The van der Waals surface area contributed by atoms with Crippen LogP contribution in [-0.4, -0.2) is 6.04 Å². The van der Waals surface area contributed by atoms with Crippen LogP contribution < -0.4 is 5.32 Å². The Morgan fingerprint density at radius 3 is 2.58 bits per heavy atom. The van der Waals surface area contributed by atoms with Gasteiger partial charge in [0.25, 0.3) is 0 Å². The maximum Gasteiger partial charge on any atom is 0.163 e. The minimum atomic E-state index is -0.767. The Morgan fingerprint density at radius 1 is 1.16 bits per heavy atom. The number of nitrogens with one attached hydrogen (secondary N) is 1. The van der Waals surface area contributed by atoms with E-state index in [9.17, 15) is 8.78 Å². The van der Waals surface area contributed by atoms with E-state index in [-0.39, 0.29) is 6.04 Å². The maximum absolute atomic E-state index is 13.7. The molecular formula is C16H23F2N. The molecule has 0 amide bonds. The molecule has 1 aromatic carbocycles. The summed E-state index contributed by atoms with van der Waals surface area (Å²) in [5, 5.41) is 3.45. The molecule has 0 spiro atoms. The average molecular weight is 267 g/mol. The molecule has 1 aliphatic rings. The largest absolute Gasteiger partial charge is 0.307 e. The van der Waals surface area contributed by atoms with E-state index in [1.807, 2.05) is 6.92 Å². The monoisotopic (exact) mass is 267 g/mol. The summed E-state index contributed by atoms with van der Waals surface area (Å²) >= 11 is 0. The van der Waals surface area contributed by atoms with E-state index in [2.05, 4.69) is 19.2 Å². The highest BCUT2D eigenvalue weighted by Gasteiger charge is 2.26. The quantitative estimate of drug-likeness (QED) is 0.853. The van der Waals surface area contributed by atoms with Gasteiger partial charge in [-0.3, -0.25) is 0 Å². The first-order chi connectivity index (χ1) is 8.99.